The Hall–Kier alpha value is -3.42. The van der Waals surface area contributed by atoms with Gasteiger partial charge in [0.1, 0.15) is 5.52 Å². The van der Waals surface area contributed by atoms with E-state index in [1.54, 1.807) is 21.3 Å². The number of hydrogen-bond acceptors (Lipinski definition) is 8. The molecular formula is C20H21N3O5. The van der Waals surface area contributed by atoms with Gasteiger partial charge in [0.15, 0.2) is 23.0 Å². The van der Waals surface area contributed by atoms with Crippen molar-refractivity contribution in [2.24, 2.45) is 0 Å². The summed E-state index contributed by atoms with van der Waals surface area (Å²) in [4.78, 5) is 8.91. The summed E-state index contributed by atoms with van der Waals surface area (Å²) in [6.07, 6.45) is 0. The van der Waals surface area contributed by atoms with Crippen molar-refractivity contribution in [2.45, 2.75) is 12.8 Å². The van der Waals surface area contributed by atoms with Crippen LogP contribution in [0, 0.1) is 0 Å². The van der Waals surface area contributed by atoms with Crippen LogP contribution < -0.4 is 29.4 Å². The van der Waals surface area contributed by atoms with Gasteiger partial charge in [-0.1, -0.05) is 13.0 Å². The van der Waals surface area contributed by atoms with Gasteiger partial charge in [-0.3, -0.25) is 0 Å². The molecule has 1 aromatic heterocycles. The number of hydrogen-bond donors (Lipinski definition) is 1. The second-order valence-corrected chi connectivity index (χ2v) is 6.34. The molecule has 2 aromatic carbocycles. The van der Waals surface area contributed by atoms with Gasteiger partial charge in [-0.2, -0.15) is 0 Å². The van der Waals surface area contributed by atoms with Crippen molar-refractivity contribution in [3.05, 3.63) is 35.5 Å². The zero-order valence-electron chi connectivity index (χ0n) is 16.1. The lowest BCUT2D eigenvalue weighted by Gasteiger charge is -2.19. The maximum absolute atomic E-state index is 6.02. The zero-order chi connectivity index (χ0) is 19.8. The molecule has 4 rings (SSSR count). The van der Waals surface area contributed by atoms with E-state index in [1.165, 1.54) is 0 Å². The van der Waals surface area contributed by atoms with Crippen molar-refractivity contribution in [1.29, 1.82) is 0 Å². The average Bonchev–Trinajstić information content (AvgIpc) is 3.18. The first kappa shape index (κ1) is 18.0. The van der Waals surface area contributed by atoms with Crippen LogP contribution in [0.25, 0.3) is 10.9 Å². The Morgan fingerprint density at radius 3 is 2.43 bits per heavy atom. The molecule has 8 heteroatoms. The molecule has 0 aliphatic carbocycles. The Morgan fingerprint density at radius 2 is 1.71 bits per heavy atom. The summed E-state index contributed by atoms with van der Waals surface area (Å²) in [6.45, 7) is 2.27. The van der Waals surface area contributed by atoms with Gasteiger partial charge in [0.25, 0.3) is 0 Å². The first-order valence-corrected chi connectivity index (χ1v) is 8.73. The molecule has 2 heterocycles. The summed E-state index contributed by atoms with van der Waals surface area (Å²) in [6, 6.07) is 7.68. The Morgan fingerprint density at radius 1 is 0.964 bits per heavy atom. The minimum atomic E-state index is -0.0925. The highest BCUT2D eigenvalue weighted by Gasteiger charge is 2.24. The number of benzene rings is 2. The number of nitrogens with two attached hydrogens (primary N) is 1. The molecule has 8 nitrogen and oxygen atoms in total. The molecule has 146 valence electrons. The highest BCUT2D eigenvalue weighted by atomic mass is 16.7. The van der Waals surface area contributed by atoms with Gasteiger partial charge in [0.2, 0.25) is 18.5 Å². The molecule has 0 fully saturated rings. The third-order valence-corrected chi connectivity index (χ3v) is 4.85. The monoisotopic (exact) mass is 383 g/mol. The van der Waals surface area contributed by atoms with Crippen LogP contribution in [0.4, 0.5) is 5.95 Å². The molecule has 0 radical (unpaired) electrons. The van der Waals surface area contributed by atoms with E-state index >= 15 is 0 Å². The Kier molecular flexibility index (Phi) is 4.46. The number of nitrogens with zero attached hydrogens (tertiary/aromatic N) is 2. The van der Waals surface area contributed by atoms with Crippen molar-refractivity contribution in [2.75, 3.05) is 33.9 Å². The Bertz CT molecular complexity index is 1050. The first-order valence-electron chi connectivity index (χ1n) is 8.73. The molecule has 1 aliphatic heterocycles. The SMILES string of the molecule is COc1cc2c(C(C)c3ccc4c(c3)OCO4)nc(N)nc2c(OC)c1OC. The number of aromatic nitrogens is 2. The van der Waals surface area contributed by atoms with Crippen LogP contribution in [0.2, 0.25) is 0 Å². The number of ether oxygens (including phenoxy) is 5. The van der Waals surface area contributed by atoms with Crippen LogP contribution in [0.15, 0.2) is 24.3 Å². The van der Waals surface area contributed by atoms with Crippen LogP contribution >= 0.6 is 0 Å². The molecule has 2 N–H and O–H groups in total. The van der Waals surface area contributed by atoms with E-state index in [0.717, 1.165) is 22.4 Å². The summed E-state index contributed by atoms with van der Waals surface area (Å²) in [7, 11) is 4.67. The quantitative estimate of drug-likeness (QED) is 0.718. The van der Waals surface area contributed by atoms with E-state index in [1.807, 2.05) is 31.2 Å². The molecule has 1 aliphatic rings. The van der Waals surface area contributed by atoms with E-state index in [4.69, 9.17) is 29.4 Å². The summed E-state index contributed by atoms with van der Waals surface area (Å²) in [5, 5.41) is 0.772. The molecule has 1 unspecified atom stereocenters. The molecule has 0 saturated heterocycles. The van der Waals surface area contributed by atoms with Crippen LogP contribution in [0.3, 0.4) is 0 Å². The molecule has 0 amide bonds. The maximum Gasteiger partial charge on any atom is 0.231 e. The predicted octanol–water partition coefficient (Wildman–Crippen LogP) is 3.12. The normalized spacial score (nSPS) is 13.4. The third kappa shape index (κ3) is 2.77. The summed E-state index contributed by atoms with van der Waals surface area (Å²) in [5.74, 6) is 2.94. The van der Waals surface area contributed by atoms with E-state index < -0.39 is 0 Å². The van der Waals surface area contributed by atoms with Crippen molar-refractivity contribution in [1.82, 2.24) is 9.97 Å². The van der Waals surface area contributed by atoms with Crippen LogP contribution in [-0.4, -0.2) is 38.1 Å². The standard InChI is InChI=1S/C20H21N3O5/c1-10(11-5-6-13-14(7-11)28-9-27-13)16-12-8-15(24-2)18(25-3)19(26-4)17(12)23-20(21)22-16/h5-8,10H,9H2,1-4H3,(H2,21,22,23). The van der Waals surface area contributed by atoms with Crippen molar-refractivity contribution in [3.63, 3.8) is 0 Å². The topological polar surface area (TPSA) is 98.0 Å². The van der Waals surface area contributed by atoms with E-state index in [2.05, 4.69) is 9.97 Å². The fourth-order valence-electron chi connectivity index (χ4n) is 3.44. The smallest absolute Gasteiger partial charge is 0.231 e. The van der Waals surface area contributed by atoms with Crippen molar-refractivity contribution < 1.29 is 23.7 Å². The average molecular weight is 383 g/mol. The molecule has 0 bridgehead atoms. The number of fused-ring (bicyclic) bond motifs is 2. The number of methoxy groups -OCH3 is 3. The van der Waals surface area contributed by atoms with Gasteiger partial charge >= 0.3 is 0 Å². The van der Waals surface area contributed by atoms with Gasteiger partial charge in [0, 0.05) is 11.3 Å². The zero-order valence-corrected chi connectivity index (χ0v) is 16.1. The van der Waals surface area contributed by atoms with Crippen molar-refractivity contribution >= 4 is 16.9 Å². The largest absolute Gasteiger partial charge is 0.493 e. The van der Waals surface area contributed by atoms with Gasteiger partial charge in [-0.05, 0) is 23.8 Å². The number of rotatable bonds is 5. The highest BCUT2D eigenvalue weighted by molar-refractivity contribution is 5.92. The van der Waals surface area contributed by atoms with Crippen LogP contribution in [0.1, 0.15) is 24.1 Å². The number of anilines is 1. The minimum Gasteiger partial charge on any atom is -0.493 e. The highest BCUT2D eigenvalue weighted by Crippen LogP contribution is 2.45. The lowest BCUT2D eigenvalue weighted by atomic mass is 9.94. The van der Waals surface area contributed by atoms with Gasteiger partial charge in [-0.15, -0.1) is 0 Å². The van der Waals surface area contributed by atoms with Crippen molar-refractivity contribution in [3.8, 4) is 28.7 Å². The fourth-order valence-corrected chi connectivity index (χ4v) is 3.44. The Labute approximate surface area is 162 Å². The second-order valence-electron chi connectivity index (χ2n) is 6.34. The van der Waals surface area contributed by atoms with Gasteiger partial charge in [0.05, 0.1) is 27.0 Å². The van der Waals surface area contributed by atoms with Gasteiger partial charge < -0.3 is 29.4 Å². The van der Waals surface area contributed by atoms with E-state index in [9.17, 15) is 0 Å². The Balaban J connectivity index is 1.93. The second kappa shape index (κ2) is 6.95. The minimum absolute atomic E-state index is 0.0925. The lowest BCUT2D eigenvalue weighted by molar-refractivity contribution is 0.174. The van der Waals surface area contributed by atoms with Gasteiger partial charge in [-0.25, -0.2) is 9.97 Å². The predicted molar refractivity (Wildman–Crippen MR) is 104 cm³/mol. The van der Waals surface area contributed by atoms with Crippen LogP contribution in [0.5, 0.6) is 28.7 Å². The maximum atomic E-state index is 6.02. The van der Waals surface area contributed by atoms with E-state index in [-0.39, 0.29) is 18.7 Å². The molecule has 1 atom stereocenters. The first-order chi connectivity index (χ1) is 13.6. The summed E-state index contributed by atoms with van der Waals surface area (Å²) in [5.41, 5.74) is 8.35. The van der Waals surface area contributed by atoms with E-state index in [0.29, 0.717) is 28.5 Å². The molecule has 3 aromatic rings. The summed E-state index contributed by atoms with van der Waals surface area (Å²) < 4.78 is 27.4. The van der Waals surface area contributed by atoms with Crippen LogP contribution in [-0.2, 0) is 0 Å². The molecule has 0 spiro atoms. The number of nitrogen functional groups attached to an aromatic ring is 1. The molecule has 0 saturated carbocycles. The lowest BCUT2D eigenvalue weighted by Crippen LogP contribution is -2.07. The molecular weight excluding hydrogens is 362 g/mol. The third-order valence-electron chi connectivity index (χ3n) is 4.85. The fraction of sp³-hybridized carbons (Fsp3) is 0.300. The summed E-state index contributed by atoms with van der Waals surface area (Å²) >= 11 is 0. The molecule has 28 heavy (non-hydrogen) atoms.